The number of aliphatic carboxylic acids is 2. The van der Waals surface area contributed by atoms with E-state index >= 15 is 0 Å². The molecule has 142 valence electrons. The van der Waals surface area contributed by atoms with Crippen molar-refractivity contribution < 1.29 is 28.2 Å². The predicted octanol–water partition coefficient (Wildman–Crippen LogP) is 2.15. The number of carboxylic acid groups (broad SMARTS) is 2. The van der Waals surface area contributed by atoms with Crippen LogP contribution in [0.15, 0.2) is 65.1 Å². The molecule has 0 fully saturated rings. The smallest absolute Gasteiger partial charge is 0.331 e. The Bertz CT molecular complexity index is 949. The van der Waals surface area contributed by atoms with E-state index in [1.807, 2.05) is 0 Å². The zero-order valence-electron chi connectivity index (χ0n) is 14.5. The number of carboxylic acids is 2. The third-order valence-corrected chi connectivity index (χ3v) is 5.28. The molecule has 0 aromatic heterocycles. The van der Waals surface area contributed by atoms with Crippen LogP contribution in [0.5, 0.6) is 0 Å². The molecule has 0 saturated heterocycles. The Balaban J connectivity index is 2.19. The van der Waals surface area contributed by atoms with Crippen LogP contribution in [0.3, 0.4) is 0 Å². The summed E-state index contributed by atoms with van der Waals surface area (Å²) in [4.78, 5) is 22.2. The number of nitrogens with one attached hydrogen (secondary N) is 1. The second kappa shape index (κ2) is 8.61. The summed E-state index contributed by atoms with van der Waals surface area (Å²) in [5.74, 6) is -2.35. The monoisotopic (exact) mass is 389 g/mol. The Morgan fingerprint density at radius 1 is 1.04 bits per heavy atom. The first-order valence-corrected chi connectivity index (χ1v) is 9.48. The van der Waals surface area contributed by atoms with E-state index in [1.54, 1.807) is 30.3 Å². The molecule has 0 aliphatic carbocycles. The number of sulfonamides is 1. The molecule has 7 nitrogen and oxygen atoms in total. The van der Waals surface area contributed by atoms with Crippen LogP contribution in [0.1, 0.15) is 18.1 Å². The zero-order valence-corrected chi connectivity index (χ0v) is 15.3. The van der Waals surface area contributed by atoms with Gasteiger partial charge in [-0.15, -0.1) is 0 Å². The Labute approximate surface area is 157 Å². The maximum absolute atomic E-state index is 12.5. The van der Waals surface area contributed by atoms with Gasteiger partial charge in [-0.3, -0.25) is 4.79 Å². The Morgan fingerprint density at radius 3 is 2.15 bits per heavy atom. The summed E-state index contributed by atoms with van der Waals surface area (Å²) in [6.45, 7) is 1.43. The summed E-state index contributed by atoms with van der Waals surface area (Å²) in [5, 5.41) is 18.2. The first-order valence-electron chi connectivity index (χ1n) is 8.00. The molecule has 2 rings (SSSR count). The minimum absolute atomic E-state index is 0.00797. The van der Waals surface area contributed by atoms with Crippen LogP contribution in [0.25, 0.3) is 6.08 Å². The highest BCUT2D eigenvalue weighted by molar-refractivity contribution is 7.89. The van der Waals surface area contributed by atoms with Crippen molar-refractivity contribution in [2.75, 3.05) is 0 Å². The fraction of sp³-hybridized carbons (Fsp3) is 0.158. The van der Waals surface area contributed by atoms with Crippen LogP contribution in [-0.4, -0.2) is 36.6 Å². The number of benzene rings is 2. The highest BCUT2D eigenvalue weighted by Crippen LogP contribution is 2.15. The number of rotatable bonds is 8. The Kier molecular flexibility index (Phi) is 6.49. The van der Waals surface area contributed by atoms with Gasteiger partial charge in [0.05, 0.1) is 4.90 Å². The van der Waals surface area contributed by atoms with E-state index in [0.29, 0.717) is 11.1 Å². The topological polar surface area (TPSA) is 121 Å². The number of hydrogen-bond acceptors (Lipinski definition) is 4. The highest BCUT2D eigenvalue weighted by atomic mass is 32.2. The van der Waals surface area contributed by atoms with Crippen molar-refractivity contribution in [1.82, 2.24) is 4.72 Å². The van der Waals surface area contributed by atoms with E-state index in [2.05, 4.69) is 4.72 Å². The van der Waals surface area contributed by atoms with Crippen LogP contribution in [0.4, 0.5) is 0 Å². The van der Waals surface area contributed by atoms with Crippen LogP contribution in [0, 0.1) is 0 Å². The molecule has 0 heterocycles. The summed E-state index contributed by atoms with van der Waals surface area (Å²) in [6.07, 6.45) is 1.41. The van der Waals surface area contributed by atoms with Crippen molar-refractivity contribution >= 4 is 28.0 Å². The molecular formula is C19H19NO6S. The minimum atomic E-state index is -4.05. The molecule has 0 aliphatic rings. The Morgan fingerprint density at radius 2 is 1.63 bits per heavy atom. The largest absolute Gasteiger partial charge is 0.480 e. The van der Waals surface area contributed by atoms with E-state index in [-0.39, 0.29) is 16.9 Å². The molecule has 0 unspecified atom stereocenters. The first kappa shape index (κ1) is 20.3. The van der Waals surface area contributed by atoms with E-state index in [9.17, 15) is 23.1 Å². The SMILES string of the molecule is C/C(=C\c1ccc(S(=O)(=O)N[C@H](Cc2ccccc2)C(=O)O)cc1)C(=O)O. The van der Waals surface area contributed by atoms with Gasteiger partial charge in [-0.25, -0.2) is 13.2 Å². The maximum Gasteiger partial charge on any atom is 0.331 e. The molecule has 1 atom stereocenters. The van der Waals surface area contributed by atoms with Gasteiger partial charge in [0, 0.05) is 5.57 Å². The molecule has 2 aromatic rings. The maximum atomic E-state index is 12.5. The quantitative estimate of drug-likeness (QED) is 0.595. The predicted molar refractivity (Wildman–Crippen MR) is 99.6 cm³/mol. The summed E-state index contributed by atoms with van der Waals surface area (Å²) >= 11 is 0. The summed E-state index contributed by atoms with van der Waals surface area (Å²) in [7, 11) is -4.05. The van der Waals surface area contributed by atoms with E-state index < -0.39 is 28.0 Å². The molecule has 0 radical (unpaired) electrons. The number of carbonyl (C=O) groups is 2. The van der Waals surface area contributed by atoms with Gasteiger partial charge < -0.3 is 10.2 Å². The highest BCUT2D eigenvalue weighted by Gasteiger charge is 2.25. The van der Waals surface area contributed by atoms with Gasteiger partial charge in [0.1, 0.15) is 6.04 Å². The van der Waals surface area contributed by atoms with Crippen LogP contribution in [-0.2, 0) is 26.0 Å². The molecule has 0 spiro atoms. The standard InChI is InChI=1S/C19H19NO6S/c1-13(18(21)22)11-15-7-9-16(10-8-15)27(25,26)20-17(19(23)24)12-14-5-3-2-4-6-14/h2-11,17,20H,12H2,1H3,(H,21,22)(H,23,24)/b13-11+/t17-/m1/s1. The fourth-order valence-corrected chi connectivity index (χ4v) is 3.53. The van der Waals surface area contributed by atoms with Crippen molar-refractivity contribution in [2.24, 2.45) is 0 Å². The average molecular weight is 389 g/mol. The molecule has 2 aromatic carbocycles. The lowest BCUT2D eigenvalue weighted by molar-refractivity contribution is -0.139. The van der Waals surface area contributed by atoms with Gasteiger partial charge in [-0.1, -0.05) is 42.5 Å². The second-order valence-electron chi connectivity index (χ2n) is 5.90. The lowest BCUT2D eigenvalue weighted by Gasteiger charge is -2.15. The number of hydrogen-bond donors (Lipinski definition) is 3. The molecule has 27 heavy (non-hydrogen) atoms. The van der Waals surface area contributed by atoms with E-state index in [0.717, 1.165) is 0 Å². The van der Waals surface area contributed by atoms with Crippen molar-refractivity contribution in [3.8, 4) is 0 Å². The summed E-state index contributed by atoms with van der Waals surface area (Å²) in [5.41, 5.74) is 1.32. The Hall–Kier alpha value is -2.97. The van der Waals surface area contributed by atoms with E-state index in [1.165, 1.54) is 37.3 Å². The normalized spacial score (nSPS) is 13.1. The molecule has 3 N–H and O–H groups in total. The summed E-state index contributed by atoms with van der Waals surface area (Å²) < 4.78 is 27.2. The van der Waals surface area contributed by atoms with Gasteiger partial charge >= 0.3 is 11.9 Å². The first-order chi connectivity index (χ1) is 12.7. The molecular weight excluding hydrogens is 370 g/mol. The zero-order chi connectivity index (χ0) is 20.0. The van der Waals surface area contributed by atoms with Gasteiger partial charge in [0.15, 0.2) is 0 Å². The lowest BCUT2D eigenvalue weighted by Crippen LogP contribution is -2.42. The van der Waals surface area contributed by atoms with Crippen molar-refractivity contribution in [2.45, 2.75) is 24.3 Å². The molecule has 0 aliphatic heterocycles. The molecule has 8 heteroatoms. The van der Waals surface area contributed by atoms with E-state index in [4.69, 9.17) is 5.11 Å². The van der Waals surface area contributed by atoms with Crippen LogP contribution in [0.2, 0.25) is 0 Å². The van der Waals surface area contributed by atoms with Gasteiger partial charge in [0.2, 0.25) is 10.0 Å². The molecule has 0 saturated carbocycles. The fourth-order valence-electron chi connectivity index (χ4n) is 2.34. The second-order valence-corrected chi connectivity index (χ2v) is 7.62. The molecule has 0 bridgehead atoms. The average Bonchev–Trinajstić information content (AvgIpc) is 2.62. The minimum Gasteiger partial charge on any atom is -0.480 e. The van der Waals surface area contributed by atoms with Crippen LogP contribution < -0.4 is 4.72 Å². The van der Waals surface area contributed by atoms with Gasteiger partial charge in [-0.05, 0) is 42.7 Å². The van der Waals surface area contributed by atoms with Crippen LogP contribution >= 0.6 is 0 Å². The third-order valence-electron chi connectivity index (χ3n) is 3.79. The lowest BCUT2D eigenvalue weighted by atomic mass is 10.1. The van der Waals surface area contributed by atoms with Gasteiger partial charge in [0.25, 0.3) is 0 Å². The third kappa shape index (κ3) is 5.77. The van der Waals surface area contributed by atoms with Gasteiger partial charge in [-0.2, -0.15) is 4.72 Å². The molecule has 0 amide bonds. The van der Waals surface area contributed by atoms with Crippen molar-refractivity contribution in [3.05, 3.63) is 71.3 Å². The summed E-state index contributed by atoms with van der Waals surface area (Å²) in [6, 6.07) is 12.9. The van der Waals surface area contributed by atoms with Crippen molar-refractivity contribution in [3.63, 3.8) is 0 Å². The van der Waals surface area contributed by atoms with Crippen molar-refractivity contribution in [1.29, 1.82) is 0 Å².